The summed E-state index contributed by atoms with van der Waals surface area (Å²) in [5.41, 5.74) is 1.94. The van der Waals surface area contributed by atoms with E-state index in [0.29, 0.717) is 11.7 Å². The summed E-state index contributed by atoms with van der Waals surface area (Å²) in [6.45, 7) is 4.41. The lowest BCUT2D eigenvalue weighted by atomic mass is 9.97. The molecule has 1 N–H and O–H groups in total. The lowest BCUT2D eigenvalue weighted by Gasteiger charge is -2.31. The van der Waals surface area contributed by atoms with Crippen LogP contribution in [0.2, 0.25) is 0 Å². The molecule has 4 rings (SSSR count). The van der Waals surface area contributed by atoms with Gasteiger partial charge in [-0.05, 0) is 54.2 Å². The predicted molar refractivity (Wildman–Crippen MR) is 121 cm³/mol. The number of hydrogen-bond acceptors (Lipinski definition) is 4. The molecule has 0 radical (unpaired) electrons. The molecule has 0 saturated heterocycles. The molecule has 1 atom stereocenters. The number of furan rings is 2. The van der Waals surface area contributed by atoms with Crippen molar-refractivity contribution in [1.82, 2.24) is 10.2 Å². The molecule has 2 amide bonds. The van der Waals surface area contributed by atoms with Crippen molar-refractivity contribution in [3.8, 4) is 0 Å². The highest BCUT2D eigenvalue weighted by molar-refractivity contribution is 5.96. The topological polar surface area (TPSA) is 75.7 Å². The summed E-state index contributed by atoms with van der Waals surface area (Å²) in [6.07, 6.45) is 7.18. The fraction of sp³-hybridized carbons (Fsp3) is 0.385. The zero-order valence-electron chi connectivity index (χ0n) is 18.6. The average molecular weight is 435 g/mol. The largest absolute Gasteiger partial charge is 0.467 e. The number of carbonyl (C=O) groups excluding carboxylic acids is 2. The molecule has 1 aliphatic carbocycles. The van der Waals surface area contributed by atoms with E-state index < -0.39 is 6.04 Å². The Hall–Kier alpha value is -3.28. The molecule has 0 spiro atoms. The first kappa shape index (κ1) is 21.9. The number of hydrogen-bond donors (Lipinski definition) is 1. The third kappa shape index (κ3) is 4.96. The summed E-state index contributed by atoms with van der Waals surface area (Å²) in [5.74, 6) is 0.627. The Labute approximate surface area is 188 Å². The van der Waals surface area contributed by atoms with E-state index in [9.17, 15) is 9.59 Å². The van der Waals surface area contributed by atoms with Crippen LogP contribution in [0.15, 0.2) is 69.9 Å². The molecule has 1 fully saturated rings. The van der Waals surface area contributed by atoms with Gasteiger partial charge in [0.15, 0.2) is 5.76 Å². The Morgan fingerprint density at radius 1 is 0.969 bits per heavy atom. The van der Waals surface area contributed by atoms with E-state index in [1.54, 1.807) is 30.5 Å². The number of carbonyl (C=O) groups is 2. The summed E-state index contributed by atoms with van der Waals surface area (Å²) >= 11 is 0. The molecular weight excluding hydrogens is 404 g/mol. The Kier molecular flexibility index (Phi) is 6.78. The van der Waals surface area contributed by atoms with Gasteiger partial charge in [-0.25, -0.2) is 0 Å². The predicted octanol–water partition coefficient (Wildman–Crippen LogP) is 5.44. The van der Waals surface area contributed by atoms with Gasteiger partial charge in [0.2, 0.25) is 5.91 Å². The van der Waals surface area contributed by atoms with Crippen molar-refractivity contribution in [2.75, 3.05) is 0 Å². The van der Waals surface area contributed by atoms with Crippen LogP contribution >= 0.6 is 0 Å². The van der Waals surface area contributed by atoms with E-state index >= 15 is 0 Å². The van der Waals surface area contributed by atoms with Crippen LogP contribution in [0.3, 0.4) is 0 Å². The Bertz CT molecular complexity index is 1000. The third-order valence-corrected chi connectivity index (χ3v) is 6.08. The van der Waals surface area contributed by atoms with Gasteiger partial charge in [0.25, 0.3) is 5.91 Å². The van der Waals surface area contributed by atoms with Crippen molar-refractivity contribution in [2.24, 2.45) is 0 Å². The summed E-state index contributed by atoms with van der Waals surface area (Å²) < 4.78 is 10.9. The summed E-state index contributed by atoms with van der Waals surface area (Å²) in [5, 5.41) is 3.18. The van der Waals surface area contributed by atoms with E-state index in [4.69, 9.17) is 8.83 Å². The first-order chi connectivity index (χ1) is 15.5. The number of benzene rings is 1. The van der Waals surface area contributed by atoms with Gasteiger partial charge in [0.1, 0.15) is 11.8 Å². The monoisotopic (exact) mass is 434 g/mol. The van der Waals surface area contributed by atoms with Crippen LogP contribution in [0.5, 0.6) is 0 Å². The second kappa shape index (κ2) is 9.90. The maximum Gasteiger partial charge on any atom is 0.290 e. The van der Waals surface area contributed by atoms with Crippen LogP contribution in [-0.2, 0) is 11.3 Å². The zero-order valence-corrected chi connectivity index (χ0v) is 18.6. The van der Waals surface area contributed by atoms with E-state index in [1.807, 2.05) is 24.3 Å². The Balaban J connectivity index is 1.72. The molecule has 6 heteroatoms. The highest BCUT2D eigenvalue weighted by atomic mass is 16.3. The van der Waals surface area contributed by atoms with Crippen LogP contribution in [0.4, 0.5) is 0 Å². The van der Waals surface area contributed by atoms with Gasteiger partial charge in [-0.1, -0.05) is 51.0 Å². The van der Waals surface area contributed by atoms with Crippen molar-refractivity contribution in [2.45, 2.75) is 64.1 Å². The number of nitrogens with zero attached hydrogens (tertiary/aromatic N) is 1. The minimum atomic E-state index is -0.806. The van der Waals surface area contributed by atoms with Gasteiger partial charge in [0.05, 0.1) is 19.1 Å². The maximum absolute atomic E-state index is 13.6. The maximum atomic E-state index is 13.6. The van der Waals surface area contributed by atoms with Crippen molar-refractivity contribution in [1.29, 1.82) is 0 Å². The Morgan fingerprint density at radius 2 is 1.62 bits per heavy atom. The number of amides is 2. The Morgan fingerprint density at radius 3 is 2.22 bits per heavy atom. The SMILES string of the molecule is CC(C)c1ccc(C(C(=O)NC2CCCC2)N(Cc2ccco2)C(=O)c2ccco2)cc1. The van der Waals surface area contributed by atoms with Gasteiger partial charge in [-0.15, -0.1) is 0 Å². The number of nitrogens with one attached hydrogen (secondary N) is 1. The fourth-order valence-electron chi connectivity index (χ4n) is 4.28. The van der Waals surface area contributed by atoms with Gasteiger partial charge >= 0.3 is 0 Å². The minimum Gasteiger partial charge on any atom is -0.467 e. The molecule has 0 aliphatic heterocycles. The third-order valence-electron chi connectivity index (χ3n) is 6.08. The van der Waals surface area contributed by atoms with Crippen LogP contribution in [0, 0.1) is 0 Å². The molecule has 32 heavy (non-hydrogen) atoms. The molecule has 0 bridgehead atoms. The van der Waals surface area contributed by atoms with Gasteiger partial charge in [-0.2, -0.15) is 0 Å². The van der Waals surface area contributed by atoms with Crippen molar-refractivity contribution < 1.29 is 18.4 Å². The summed E-state index contributed by atoms with van der Waals surface area (Å²) in [6, 6.07) is 14.1. The first-order valence-corrected chi connectivity index (χ1v) is 11.3. The van der Waals surface area contributed by atoms with Gasteiger partial charge in [0, 0.05) is 6.04 Å². The lowest BCUT2D eigenvalue weighted by Crippen LogP contribution is -2.45. The molecule has 2 aromatic heterocycles. The van der Waals surface area contributed by atoms with Crippen molar-refractivity contribution in [3.05, 3.63) is 83.7 Å². The van der Waals surface area contributed by atoms with Crippen molar-refractivity contribution >= 4 is 11.8 Å². The lowest BCUT2D eigenvalue weighted by molar-refractivity contribution is -0.126. The van der Waals surface area contributed by atoms with Crippen LogP contribution in [-0.4, -0.2) is 22.8 Å². The van der Waals surface area contributed by atoms with Crippen molar-refractivity contribution in [3.63, 3.8) is 0 Å². The second-order valence-electron chi connectivity index (χ2n) is 8.70. The second-order valence-corrected chi connectivity index (χ2v) is 8.70. The van der Waals surface area contributed by atoms with Crippen LogP contribution in [0.1, 0.15) is 78.9 Å². The zero-order chi connectivity index (χ0) is 22.5. The molecular formula is C26H30N2O4. The first-order valence-electron chi connectivity index (χ1n) is 11.3. The van der Waals surface area contributed by atoms with E-state index in [1.165, 1.54) is 16.7 Å². The van der Waals surface area contributed by atoms with E-state index in [2.05, 4.69) is 19.2 Å². The highest BCUT2D eigenvalue weighted by Crippen LogP contribution is 2.29. The highest BCUT2D eigenvalue weighted by Gasteiger charge is 2.35. The molecule has 168 valence electrons. The molecule has 1 aliphatic rings. The average Bonchev–Trinajstić information content (AvgIpc) is 3.56. The van der Waals surface area contributed by atoms with Gasteiger partial charge in [-0.3, -0.25) is 9.59 Å². The molecule has 1 aromatic carbocycles. The quantitative estimate of drug-likeness (QED) is 0.512. The van der Waals surface area contributed by atoms with E-state index in [0.717, 1.165) is 31.2 Å². The minimum absolute atomic E-state index is 0.143. The fourth-order valence-corrected chi connectivity index (χ4v) is 4.28. The van der Waals surface area contributed by atoms with Crippen LogP contribution in [0.25, 0.3) is 0 Å². The summed E-state index contributed by atoms with van der Waals surface area (Å²) in [4.78, 5) is 28.6. The van der Waals surface area contributed by atoms with Crippen LogP contribution < -0.4 is 5.32 Å². The van der Waals surface area contributed by atoms with Gasteiger partial charge < -0.3 is 19.1 Å². The molecule has 1 saturated carbocycles. The molecule has 3 aromatic rings. The smallest absolute Gasteiger partial charge is 0.290 e. The number of rotatable bonds is 8. The standard InChI is InChI=1S/C26H30N2O4/c1-18(2)19-11-13-20(14-12-19)24(25(29)27-21-7-3-4-8-21)28(17-22-9-5-15-31-22)26(30)23-10-6-16-32-23/h5-6,9-16,18,21,24H,3-4,7-8,17H2,1-2H3,(H,27,29). The molecule has 2 heterocycles. The molecule has 6 nitrogen and oxygen atoms in total. The van der Waals surface area contributed by atoms with E-state index in [-0.39, 0.29) is 30.2 Å². The normalized spacial score (nSPS) is 15.1. The molecule has 1 unspecified atom stereocenters. The summed E-state index contributed by atoms with van der Waals surface area (Å²) in [7, 11) is 0.